The molecule has 0 saturated carbocycles. The van der Waals surface area contributed by atoms with Crippen LogP contribution in [0.3, 0.4) is 0 Å². The molecule has 10 heteroatoms. The van der Waals surface area contributed by atoms with E-state index in [9.17, 15) is 20.0 Å². The zero-order chi connectivity index (χ0) is 26.0. The van der Waals surface area contributed by atoms with Gasteiger partial charge in [-0.3, -0.25) is 9.59 Å². The molecule has 0 unspecified atom stereocenters. The maximum Gasteiger partial charge on any atom is 0.264 e. The summed E-state index contributed by atoms with van der Waals surface area (Å²) in [6.07, 6.45) is 0.726. The number of rotatable bonds is 4. The van der Waals surface area contributed by atoms with Crippen molar-refractivity contribution in [2.75, 3.05) is 0 Å². The zero-order valence-electron chi connectivity index (χ0n) is 21.1. The van der Waals surface area contributed by atoms with E-state index in [1.54, 1.807) is 0 Å². The number of Topliss-reactive ketones (excluding diaryl/α,β-unsaturated/α-hetero) is 2. The predicted octanol–water partition coefficient (Wildman–Crippen LogP) is 5.12. The first-order valence-corrected chi connectivity index (χ1v) is 13.1. The van der Waals surface area contributed by atoms with Crippen LogP contribution in [-0.2, 0) is 29.5 Å². The smallest absolute Gasteiger partial charge is 0.264 e. The zero-order valence-corrected chi connectivity index (χ0v) is 24.3. The molecule has 1 aliphatic carbocycles. The van der Waals surface area contributed by atoms with Crippen molar-refractivity contribution in [2.24, 2.45) is 0 Å². The maximum absolute atomic E-state index is 13.5. The van der Waals surface area contributed by atoms with E-state index in [0.717, 1.165) is 10.1 Å². The van der Waals surface area contributed by atoms with Gasteiger partial charge < -0.3 is 9.47 Å². The average molecular weight is 606 g/mol. The standard InChI is InChI=1S/C24H34Br2N2O6/c1-21(2)9-13(10-22(3,4)27(21)31)33-19-15(25)17(29)16(26)20(18(19)30)34-14-11-23(5,6)28(32)24(7,8)12-14/h13-14H,9-12H2,1-8H3. The lowest BCUT2D eigenvalue weighted by Gasteiger charge is -2.50. The molecule has 0 aromatic carbocycles. The number of nitrogens with zero attached hydrogens (tertiary/aromatic N) is 2. The van der Waals surface area contributed by atoms with Gasteiger partial charge in [0.15, 0.2) is 11.5 Å². The average Bonchev–Trinajstić information content (AvgIpc) is 2.68. The summed E-state index contributed by atoms with van der Waals surface area (Å²) >= 11 is 6.48. The van der Waals surface area contributed by atoms with E-state index in [-0.39, 0.29) is 20.5 Å². The number of halogens is 2. The molecule has 8 nitrogen and oxygen atoms in total. The van der Waals surface area contributed by atoms with Gasteiger partial charge in [0, 0.05) is 47.8 Å². The highest BCUT2D eigenvalue weighted by Crippen LogP contribution is 2.43. The molecule has 34 heavy (non-hydrogen) atoms. The van der Waals surface area contributed by atoms with Gasteiger partial charge in [-0.05, 0) is 87.2 Å². The van der Waals surface area contributed by atoms with Crippen LogP contribution in [0.15, 0.2) is 20.5 Å². The van der Waals surface area contributed by atoms with E-state index < -0.39 is 45.9 Å². The number of carbonyl (C=O) groups is 2. The van der Waals surface area contributed by atoms with Crippen LogP contribution in [0, 0.1) is 0 Å². The molecule has 3 aliphatic rings. The molecule has 0 spiro atoms. The van der Waals surface area contributed by atoms with Crippen LogP contribution in [0.2, 0.25) is 0 Å². The van der Waals surface area contributed by atoms with E-state index in [0.29, 0.717) is 25.7 Å². The minimum absolute atomic E-state index is 0.0203. The van der Waals surface area contributed by atoms with Crippen molar-refractivity contribution < 1.29 is 29.5 Å². The molecule has 0 amide bonds. The monoisotopic (exact) mass is 604 g/mol. The van der Waals surface area contributed by atoms with E-state index in [2.05, 4.69) is 31.9 Å². The summed E-state index contributed by atoms with van der Waals surface area (Å²) in [5, 5.41) is 27.5. The van der Waals surface area contributed by atoms with Crippen molar-refractivity contribution in [3.8, 4) is 0 Å². The number of piperidine rings is 2. The Bertz CT molecular complexity index is 845. The fourth-order valence-corrected chi connectivity index (χ4v) is 6.87. The van der Waals surface area contributed by atoms with E-state index >= 15 is 0 Å². The lowest BCUT2D eigenvalue weighted by Crippen LogP contribution is -2.60. The summed E-state index contributed by atoms with van der Waals surface area (Å²) in [6, 6.07) is 0. The van der Waals surface area contributed by atoms with Gasteiger partial charge in [0.2, 0.25) is 5.78 Å². The van der Waals surface area contributed by atoms with Crippen LogP contribution in [0.1, 0.15) is 81.1 Å². The third kappa shape index (κ3) is 5.04. The highest BCUT2D eigenvalue weighted by atomic mass is 79.9. The first kappa shape index (κ1) is 27.8. The van der Waals surface area contributed by atoms with Gasteiger partial charge in [-0.15, -0.1) is 20.5 Å². The van der Waals surface area contributed by atoms with Crippen molar-refractivity contribution in [3.05, 3.63) is 20.5 Å². The third-order valence-corrected chi connectivity index (χ3v) is 8.33. The number of carbonyl (C=O) groups excluding carboxylic acids is 2. The Morgan fingerprint density at radius 1 is 0.618 bits per heavy atom. The lowest BCUT2D eigenvalue weighted by molar-refractivity contribution is -0.299. The molecule has 0 aromatic heterocycles. The minimum Gasteiger partial charge on any atom is -0.485 e. The second-order valence-electron chi connectivity index (χ2n) is 12.1. The Morgan fingerprint density at radius 3 is 1.15 bits per heavy atom. The Balaban J connectivity index is 1.85. The highest BCUT2D eigenvalue weighted by Gasteiger charge is 2.50. The molecule has 2 saturated heterocycles. The fraction of sp³-hybridized carbons (Fsp3) is 0.750. The van der Waals surface area contributed by atoms with E-state index in [4.69, 9.17) is 9.47 Å². The number of allylic oxidation sites excluding steroid dienone is 2. The molecule has 3 rings (SSSR count). The van der Waals surface area contributed by atoms with Crippen LogP contribution < -0.4 is 0 Å². The molecule has 2 aliphatic heterocycles. The van der Waals surface area contributed by atoms with Crippen molar-refractivity contribution in [1.82, 2.24) is 10.1 Å². The number of ether oxygens (including phenoxy) is 2. The fourth-order valence-electron chi connectivity index (χ4n) is 5.66. The minimum atomic E-state index is -0.694. The summed E-state index contributed by atoms with van der Waals surface area (Å²) in [5.41, 5.74) is -2.78. The molecule has 2 radical (unpaired) electrons. The molecule has 0 aromatic rings. The Labute approximate surface area is 218 Å². The molecule has 2 heterocycles. The van der Waals surface area contributed by atoms with E-state index in [1.807, 2.05) is 55.4 Å². The van der Waals surface area contributed by atoms with Gasteiger partial charge in [0.25, 0.3) is 5.78 Å². The van der Waals surface area contributed by atoms with Gasteiger partial charge in [0.05, 0.1) is 0 Å². The Morgan fingerprint density at radius 2 is 0.882 bits per heavy atom. The summed E-state index contributed by atoms with van der Waals surface area (Å²) in [4.78, 5) is 26.4. The van der Waals surface area contributed by atoms with Crippen LogP contribution in [-0.4, -0.2) is 56.1 Å². The maximum atomic E-state index is 13.5. The van der Waals surface area contributed by atoms with Crippen molar-refractivity contribution in [2.45, 2.75) is 115 Å². The molecule has 190 valence electrons. The van der Waals surface area contributed by atoms with Crippen molar-refractivity contribution in [3.63, 3.8) is 0 Å². The van der Waals surface area contributed by atoms with Crippen molar-refractivity contribution in [1.29, 1.82) is 0 Å². The summed E-state index contributed by atoms with van der Waals surface area (Å²) in [7, 11) is 0. The van der Waals surface area contributed by atoms with Crippen molar-refractivity contribution >= 4 is 43.4 Å². The number of hydrogen-bond donors (Lipinski definition) is 0. The number of ketones is 2. The first-order valence-electron chi connectivity index (χ1n) is 11.5. The van der Waals surface area contributed by atoms with Crippen LogP contribution in [0.25, 0.3) is 0 Å². The Hall–Kier alpha value is -0.780. The van der Waals surface area contributed by atoms with Crippen LogP contribution >= 0.6 is 31.9 Å². The first-order chi connectivity index (χ1) is 15.3. The predicted molar refractivity (Wildman–Crippen MR) is 132 cm³/mol. The summed E-state index contributed by atoms with van der Waals surface area (Å²) < 4.78 is 12.3. The van der Waals surface area contributed by atoms with Gasteiger partial charge in [-0.25, -0.2) is 0 Å². The van der Waals surface area contributed by atoms with Crippen LogP contribution in [0.5, 0.6) is 0 Å². The highest BCUT2D eigenvalue weighted by molar-refractivity contribution is 9.13. The SMILES string of the molecule is CC1(C)CC(OC2=C(Br)C(=O)C(Br)=C(OC3CC(C)(C)N([O])C(C)(C)C3)C2=O)CC(C)(C)N1[O]. The molecule has 2 fully saturated rings. The summed E-state index contributed by atoms with van der Waals surface area (Å²) in [5.74, 6) is -1.22. The normalized spacial score (nSPS) is 28.5. The number of hydrogen-bond acceptors (Lipinski definition) is 6. The topological polar surface area (TPSA) is 98.9 Å². The second kappa shape index (κ2) is 8.95. The van der Waals surface area contributed by atoms with Gasteiger partial charge in [-0.2, -0.15) is 0 Å². The Kier molecular flexibility index (Phi) is 7.32. The molecule has 0 bridgehead atoms. The van der Waals surface area contributed by atoms with Gasteiger partial charge in [0.1, 0.15) is 21.2 Å². The largest absolute Gasteiger partial charge is 0.485 e. The molecule has 0 N–H and O–H groups in total. The quantitative estimate of drug-likeness (QED) is 0.413. The van der Waals surface area contributed by atoms with E-state index in [1.165, 1.54) is 0 Å². The number of hydroxylamine groups is 4. The molecular weight excluding hydrogens is 572 g/mol. The second-order valence-corrected chi connectivity index (χ2v) is 13.7. The van der Waals surface area contributed by atoms with Gasteiger partial charge >= 0.3 is 0 Å². The van der Waals surface area contributed by atoms with Crippen LogP contribution in [0.4, 0.5) is 0 Å². The lowest BCUT2D eigenvalue weighted by atomic mass is 9.80. The summed E-state index contributed by atoms with van der Waals surface area (Å²) in [6.45, 7) is 14.7. The van der Waals surface area contributed by atoms with Gasteiger partial charge in [-0.1, -0.05) is 0 Å². The third-order valence-electron chi connectivity index (χ3n) is 6.89. The molecule has 0 atom stereocenters. The molecular formula is C24H34Br2N2O6.